The third-order valence-corrected chi connectivity index (χ3v) is 4.80. The molecule has 0 aliphatic heterocycles. The summed E-state index contributed by atoms with van der Waals surface area (Å²) in [4.78, 5) is 10.7. The summed E-state index contributed by atoms with van der Waals surface area (Å²) in [5, 5.41) is 8.75. The standard InChI is InChI=1S/C20H30F10O4/c21-17(22,19(25,26)27)11-5-1-3-7-13-33-16(10-9-15(31)32)34-14-8-4-2-6-12-18(23,24)20(28,29)30/h16H,1-14H2,(H,31,32). The Kier molecular flexibility index (Phi) is 14.4. The van der Waals surface area contributed by atoms with Gasteiger partial charge in [0.2, 0.25) is 0 Å². The van der Waals surface area contributed by atoms with Crippen LogP contribution < -0.4 is 0 Å². The molecule has 1 N–H and O–H groups in total. The first-order valence-electron chi connectivity index (χ1n) is 10.8. The SMILES string of the molecule is O=C(O)CCC(OCCCCCCC(F)(F)C(F)(F)F)OCCCCCCC(F)(F)C(F)(F)F. The number of unbranched alkanes of at least 4 members (excludes halogenated alkanes) is 6. The lowest BCUT2D eigenvalue weighted by Gasteiger charge is -2.20. The van der Waals surface area contributed by atoms with E-state index in [0.717, 1.165) is 0 Å². The molecule has 0 atom stereocenters. The average molecular weight is 524 g/mol. The molecule has 0 aromatic carbocycles. The molecular formula is C20H30F10O4. The van der Waals surface area contributed by atoms with Gasteiger partial charge >= 0.3 is 30.2 Å². The first-order chi connectivity index (χ1) is 15.5. The summed E-state index contributed by atoms with van der Waals surface area (Å²) in [5.74, 6) is -10.6. The number of carboxylic acids is 1. The van der Waals surface area contributed by atoms with E-state index in [1.165, 1.54) is 0 Å². The van der Waals surface area contributed by atoms with Gasteiger partial charge in [-0.05, 0) is 25.7 Å². The van der Waals surface area contributed by atoms with Crippen LogP contribution in [0.1, 0.15) is 77.0 Å². The number of carbonyl (C=O) groups is 1. The quantitative estimate of drug-likeness (QED) is 0.108. The van der Waals surface area contributed by atoms with Gasteiger partial charge in [0.05, 0.1) is 6.42 Å². The Morgan fingerprint density at radius 1 is 0.618 bits per heavy atom. The van der Waals surface area contributed by atoms with E-state index in [1.807, 2.05) is 0 Å². The summed E-state index contributed by atoms with van der Waals surface area (Å²) >= 11 is 0. The molecule has 0 radical (unpaired) electrons. The fourth-order valence-electron chi connectivity index (χ4n) is 2.77. The van der Waals surface area contributed by atoms with Crippen LogP contribution in [0.3, 0.4) is 0 Å². The van der Waals surface area contributed by atoms with Gasteiger partial charge in [-0.25, -0.2) is 0 Å². The largest absolute Gasteiger partial charge is 0.481 e. The minimum Gasteiger partial charge on any atom is -0.481 e. The van der Waals surface area contributed by atoms with E-state index in [1.54, 1.807) is 0 Å². The zero-order chi connectivity index (χ0) is 26.5. The molecule has 0 heterocycles. The minimum atomic E-state index is -5.58. The molecule has 0 spiro atoms. The van der Waals surface area contributed by atoms with Crippen LogP contribution in [0.5, 0.6) is 0 Å². The van der Waals surface area contributed by atoms with Crippen LogP contribution in [0.2, 0.25) is 0 Å². The first kappa shape index (κ1) is 32.7. The highest BCUT2D eigenvalue weighted by Gasteiger charge is 2.57. The van der Waals surface area contributed by atoms with Crippen molar-refractivity contribution in [1.82, 2.24) is 0 Å². The van der Waals surface area contributed by atoms with Gasteiger partial charge in [-0.3, -0.25) is 4.79 Å². The number of carboxylic acid groups (broad SMARTS) is 1. The fraction of sp³-hybridized carbons (Fsp3) is 0.950. The number of ether oxygens (including phenoxy) is 2. The van der Waals surface area contributed by atoms with Crippen molar-refractivity contribution >= 4 is 5.97 Å². The van der Waals surface area contributed by atoms with E-state index < -0.39 is 49.3 Å². The topological polar surface area (TPSA) is 55.8 Å². The maximum absolute atomic E-state index is 12.8. The molecule has 14 heteroatoms. The van der Waals surface area contributed by atoms with Crippen molar-refractivity contribution in [3.63, 3.8) is 0 Å². The zero-order valence-corrected chi connectivity index (χ0v) is 18.4. The Labute approximate surface area is 191 Å². The number of halogens is 10. The number of alkyl halides is 10. The van der Waals surface area contributed by atoms with Crippen molar-refractivity contribution in [2.75, 3.05) is 13.2 Å². The van der Waals surface area contributed by atoms with Crippen LogP contribution in [-0.2, 0) is 14.3 Å². The lowest BCUT2D eigenvalue weighted by Crippen LogP contribution is -2.36. The smallest absolute Gasteiger partial charge is 0.453 e. The van der Waals surface area contributed by atoms with Crippen LogP contribution in [-0.4, -0.2) is 54.8 Å². The second-order valence-electron chi connectivity index (χ2n) is 7.84. The highest BCUT2D eigenvalue weighted by atomic mass is 19.4. The third-order valence-electron chi connectivity index (χ3n) is 4.80. The van der Waals surface area contributed by atoms with Gasteiger partial charge in [-0.2, -0.15) is 43.9 Å². The summed E-state index contributed by atoms with van der Waals surface area (Å²) in [6.07, 6.45) is -14.2. The van der Waals surface area contributed by atoms with Crippen molar-refractivity contribution in [3.05, 3.63) is 0 Å². The van der Waals surface area contributed by atoms with Crippen LogP contribution in [0, 0.1) is 0 Å². The third kappa shape index (κ3) is 14.2. The normalized spacial score (nSPS) is 13.6. The van der Waals surface area contributed by atoms with E-state index in [2.05, 4.69) is 0 Å². The molecule has 0 aromatic heterocycles. The van der Waals surface area contributed by atoms with Gasteiger partial charge in [0, 0.05) is 32.5 Å². The van der Waals surface area contributed by atoms with Crippen LogP contribution in [0.15, 0.2) is 0 Å². The van der Waals surface area contributed by atoms with E-state index in [0.29, 0.717) is 25.7 Å². The molecule has 34 heavy (non-hydrogen) atoms. The summed E-state index contributed by atoms with van der Waals surface area (Å²) in [5.41, 5.74) is 0. The van der Waals surface area contributed by atoms with Crippen LogP contribution >= 0.6 is 0 Å². The molecule has 0 saturated carbocycles. The number of hydrogen-bond donors (Lipinski definition) is 1. The minimum absolute atomic E-state index is 0.0229. The van der Waals surface area contributed by atoms with Crippen molar-refractivity contribution in [2.24, 2.45) is 0 Å². The molecule has 0 saturated heterocycles. The second-order valence-corrected chi connectivity index (χ2v) is 7.84. The van der Waals surface area contributed by atoms with Gasteiger partial charge in [0.25, 0.3) is 0 Å². The van der Waals surface area contributed by atoms with Crippen molar-refractivity contribution in [1.29, 1.82) is 0 Å². The lowest BCUT2D eigenvalue weighted by atomic mass is 10.1. The highest BCUT2D eigenvalue weighted by molar-refractivity contribution is 5.66. The zero-order valence-electron chi connectivity index (χ0n) is 18.4. The van der Waals surface area contributed by atoms with Gasteiger partial charge in [-0.1, -0.05) is 25.7 Å². The van der Waals surface area contributed by atoms with Gasteiger partial charge in [0.15, 0.2) is 6.29 Å². The molecule has 0 rings (SSSR count). The molecule has 0 aliphatic rings. The number of rotatable bonds is 19. The summed E-state index contributed by atoms with van der Waals surface area (Å²) in [6, 6.07) is 0. The Bertz CT molecular complexity index is 525. The van der Waals surface area contributed by atoms with Crippen LogP contribution in [0.4, 0.5) is 43.9 Å². The molecule has 0 bridgehead atoms. The molecule has 0 unspecified atom stereocenters. The molecular weight excluding hydrogens is 494 g/mol. The Balaban J connectivity index is 4.07. The predicted octanol–water partition coefficient (Wildman–Crippen LogP) is 7.51. The lowest BCUT2D eigenvalue weighted by molar-refractivity contribution is -0.284. The van der Waals surface area contributed by atoms with Gasteiger partial charge < -0.3 is 14.6 Å². The van der Waals surface area contributed by atoms with E-state index in [4.69, 9.17) is 14.6 Å². The number of aliphatic carboxylic acids is 1. The number of hydrogen-bond acceptors (Lipinski definition) is 3. The Morgan fingerprint density at radius 2 is 0.971 bits per heavy atom. The fourth-order valence-corrected chi connectivity index (χ4v) is 2.77. The average Bonchev–Trinajstić information content (AvgIpc) is 2.67. The van der Waals surface area contributed by atoms with Gasteiger partial charge in [0.1, 0.15) is 0 Å². The highest BCUT2D eigenvalue weighted by Crippen LogP contribution is 2.40. The molecule has 0 fully saturated rings. The Hall–Kier alpha value is -1.31. The summed E-state index contributed by atoms with van der Waals surface area (Å²) in [7, 11) is 0. The second kappa shape index (κ2) is 14.9. The van der Waals surface area contributed by atoms with E-state index in [-0.39, 0.29) is 51.7 Å². The monoisotopic (exact) mass is 524 g/mol. The van der Waals surface area contributed by atoms with Crippen molar-refractivity contribution in [2.45, 2.75) is 108 Å². The first-order valence-corrected chi connectivity index (χ1v) is 10.8. The molecule has 4 nitrogen and oxygen atoms in total. The van der Waals surface area contributed by atoms with E-state index >= 15 is 0 Å². The van der Waals surface area contributed by atoms with Crippen LogP contribution in [0.25, 0.3) is 0 Å². The van der Waals surface area contributed by atoms with Crippen molar-refractivity contribution in [3.8, 4) is 0 Å². The van der Waals surface area contributed by atoms with Gasteiger partial charge in [-0.15, -0.1) is 0 Å². The molecule has 0 aliphatic carbocycles. The maximum atomic E-state index is 12.8. The Morgan fingerprint density at radius 3 is 1.29 bits per heavy atom. The predicted molar refractivity (Wildman–Crippen MR) is 101 cm³/mol. The maximum Gasteiger partial charge on any atom is 0.453 e. The summed E-state index contributed by atoms with van der Waals surface area (Å²) < 4.78 is 134. The molecule has 204 valence electrons. The molecule has 0 amide bonds. The van der Waals surface area contributed by atoms with E-state index in [9.17, 15) is 48.7 Å². The summed E-state index contributed by atoms with van der Waals surface area (Å²) in [6.45, 7) is 0.0962. The molecule has 0 aromatic rings. The van der Waals surface area contributed by atoms with Crippen molar-refractivity contribution < 1.29 is 63.3 Å².